The fourth-order valence-electron chi connectivity index (χ4n) is 0.960. The zero-order valence-corrected chi connectivity index (χ0v) is 9.08. The highest BCUT2D eigenvalue weighted by Gasteiger charge is 2.01. The lowest BCUT2D eigenvalue weighted by atomic mass is 10.4. The lowest BCUT2D eigenvalue weighted by Gasteiger charge is -1.97. The maximum Gasteiger partial charge on any atom is 0.158 e. The first-order chi connectivity index (χ1) is 6.79. The van der Waals surface area contributed by atoms with E-state index >= 15 is 0 Å². The molecule has 68 valence electrons. The third kappa shape index (κ3) is 1.72. The molecule has 0 radical (unpaired) electrons. The minimum absolute atomic E-state index is 0.334. The first kappa shape index (κ1) is 9.08. The van der Waals surface area contributed by atoms with Gasteiger partial charge in [-0.2, -0.15) is 10.4 Å². The fourth-order valence-corrected chi connectivity index (χ4v) is 1.35. The van der Waals surface area contributed by atoms with Gasteiger partial charge >= 0.3 is 0 Å². The van der Waals surface area contributed by atoms with Crippen molar-refractivity contribution in [3.63, 3.8) is 0 Å². The van der Waals surface area contributed by atoms with Gasteiger partial charge in [-0.1, -0.05) is 0 Å². The van der Waals surface area contributed by atoms with Gasteiger partial charge in [-0.25, -0.2) is 14.6 Å². The van der Waals surface area contributed by atoms with Gasteiger partial charge < -0.3 is 0 Å². The van der Waals surface area contributed by atoms with Gasteiger partial charge in [-0.3, -0.25) is 0 Å². The molecule has 0 spiro atoms. The van der Waals surface area contributed by atoms with Gasteiger partial charge in [0.2, 0.25) is 0 Å². The van der Waals surface area contributed by atoms with Crippen LogP contribution in [0, 0.1) is 14.9 Å². The van der Waals surface area contributed by atoms with E-state index in [0.29, 0.717) is 11.5 Å². The topological polar surface area (TPSA) is 67.4 Å². The molecule has 0 fully saturated rings. The second-order valence-corrected chi connectivity index (χ2v) is 3.72. The van der Waals surface area contributed by atoms with Crippen LogP contribution in [-0.2, 0) is 0 Å². The molecule has 0 N–H and O–H groups in total. The molecular formula is C8H4IN5. The van der Waals surface area contributed by atoms with Crippen molar-refractivity contribution < 1.29 is 0 Å². The van der Waals surface area contributed by atoms with E-state index in [2.05, 4.69) is 37.7 Å². The van der Waals surface area contributed by atoms with Crippen LogP contribution in [-0.4, -0.2) is 19.7 Å². The predicted molar refractivity (Wildman–Crippen MR) is 56.6 cm³/mol. The molecule has 14 heavy (non-hydrogen) atoms. The van der Waals surface area contributed by atoms with E-state index in [-0.39, 0.29) is 0 Å². The van der Waals surface area contributed by atoms with Crippen LogP contribution in [0.4, 0.5) is 0 Å². The number of nitriles is 1. The molecule has 0 saturated heterocycles. The Morgan fingerprint density at radius 1 is 1.43 bits per heavy atom. The molecule has 6 heteroatoms. The van der Waals surface area contributed by atoms with Crippen LogP contribution < -0.4 is 0 Å². The Kier molecular flexibility index (Phi) is 2.41. The lowest BCUT2D eigenvalue weighted by Crippen LogP contribution is -1.99. The average molecular weight is 297 g/mol. The zero-order valence-electron chi connectivity index (χ0n) is 6.92. The number of nitrogens with zero attached hydrogens (tertiary/aromatic N) is 5. The van der Waals surface area contributed by atoms with Crippen LogP contribution in [0.2, 0.25) is 0 Å². The van der Waals surface area contributed by atoms with Crippen molar-refractivity contribution in [2.75, 3.05) is 0 Å². The predicted octanol–water partition coefficient (Wildman–Crippen LogP) is 1.14. The smallest absolute Gasteiger partial charge is 0.158 e. The first-order valence-corrected chi connectivity index (χ1v) is 4.80. The second kappa shape index (κ2) is 3.71. The largest absolute Gasteiger partial charge is 0.225 e. The SMILES string of the molecule is N#Cc1cc(-n2cc(I)cn2)ncn1. The standard InChI is InChI=1S/C8H4IN5/c9-6-3-13-14(4-6)8-1-7(2-10)11-5-12-8/h1,3-5H. The van der Waals surface area contributed by atoms with Crippen molar-refractivity contribution in [3.8, 4) is 11.9 Å². The highest BCUT2D eigenvalue weighted by molar-refractivity contribution is 14.1. The zero-order chi connectivity index (χ0) is 9.97. The van der Waals surface area contributed by atoms with Crippen LogP contribution >= 0.6 is 22.6 Å². The van der Waals surface area contributed by atoms with E-state index < -0.39 is 0 Å². The molecule has 2 heterocycles. The monoisotopic (exact) mass is 297 g/mol. The van der Waals surface area contributed by atoms with E-state index in [4.69, 9.17) is 5.26 Å². The van der Waals surface area contributed by atoms with E-state index in [9.17, 15) is 0 Å². The number of rotatable bonds is 1. The van der Waals surface area contributed by atoms with Gasteiger partial charge in [-0.15, -0.1) is 0 Å². The summed E-state index contributed by atoms with van der Waals surface area (Å²) in [6.07, 6.45) is 4.89. The second-order valence-electron chi connectivity index (χ2n) is 2.48. The summed E-state index contributed by atoms with van der Waals surface area (Å²) in [5.74, 6) is 0.597. The summed E-state index contributed by atoms with van der Waals surface area (Å²) in [4.78, 5) is 7.78. The molecule has 2 aromatic heterocycles. The van der Waals surface area contributed by atoms with Crippen molar-refractivity contribution in [3.05, 3.63) is 34.1 Å². The molecule has 2 aromatic rings. The van der Waals surface area contributed by atoms with Crippen LogP contribution in [0.25, 0.3) is 5.82 Å². The number of aromatic nitrogens is 4. The molecule has 0 saturated carbocycles. The molecule has 0 aliphatic carbocycles. The number of hydrogen-bond donors (Lipinski definition) is 0. The molecule has 2 rings (SSSR count). The fraction of sp³-hybridized carbons (Fsp3) is 0. The Labute approximate surface area is 93.6 Å². The highest BCUT2D eigenvalue weighted by Crippen LogP contribution is 2.07. The maximum absolute atomic E-state index is 8.64. The summed E-state index contributed by atoms with van der Waals surface area (Å²) in [7, 11) is 0. The van der Waals surface area contributed by atoms with E-state index in [1.165, 1.54) is 6.33 Å². The number of hydrogen-bond acceptors (Lipinski definition) is 4. The van der Waals surface area contributed by atoms with Crippen molar-refractivity contribution >= 4 is 22.6 Å². The van der Waals surface area contributed by atoms with Crippen LogP contribution in [0.15, 0.2) is 24.8 Å². The van der Waals surface area contributed by atoms with E-state index in [0.717, 1.165) is 3.57 Å². The third-order valence-electron chi connectivity index (χ3n) is 1.55. The van der Waals surface area contributed by atoms with Gasteiger partial charge in [0, 0.05) is 12.3 Å². The van der Waals surface area contributed by atoms with Gasteiger partial charge in [0.25, 0.3) is 0 Å². The molecule has 0 aliphatic heterocycles. The molecule has 0 aliphatic rings. The summed E-state index contributed by atoms with van der Waals surface area (Å²) in [6, 6.07) is 3.54. The van der Waals surface area contributed by atoms with Gasteiger partial charge in [0.05, 0.1) is 9.77 Å². The summed E-state index contributed by atoms with van der Waals surface area (Å²) in [6.45, 7) is 0. The highest BCUT2D eigenvalue weighted by atomic mass is 127. The Bertz CT molecular complexity index is 498. The minimum atomic E-state index is 0.334. The molecular weight excluding hydrogens is 293 g/mol. The van der Waals surface area contributed by atoms with Crippen LogP contribution in [0.1, 0.15) is 5.69 Å². The van der Waals surface area contributed by atoms with Gasteiger partial charge in [0.15, 0.2) is 5.82 Å². The van der Waals surface area contributed by atoms with Crippen molar-refractivity contribution in [2.24, 2.45) is 0 Å². The van der Waals surface area contributed by atoms with E-state index in [1.807, 2.05) is 12.3 Å². The molecule has 0 aromatic carbocycles. The molecule has 0 unspecified atom stereocenters. The quantitative estimate of drug-likeness (QED) is 0.740. The Morgan fingerprint density at radius 3 is 2.93 bits per heavy atom. The molecule has 0 atom stereocenters. The summed E-state index contributed by atoms with van der Waals surface area (Å²) >= 11 is 2.15. The third-order valence-corrected chi connectivity index (χ3v) is 2.11. The maximum atomic E-state index is 8.64. The lowest BCUT2D eigenvalue weighted by molar-refractivity contribution is 0.837. The van der Waals surface area contributed by atoms with Crippen LogP contribution in [0.3, 0.4) is 0 Å². The Morgan fingerprint density at radius 2 is 2.29 bits per heavy atom. The summed E-state index contributed by atoms with van der Waals surface area (Å²) in [5.41, 5.74) is 0.334. The molecule has 0 amide bonds. The molecule has 5 nitrogen and oxygen atoms in total. The minimum Gasteiger partial charge on any atom is -0.225 e. The van der Waals surface area contributed by atoms with E-state index in [1.54, 1.807) is 16.9 Å². The number of halogens is 1. The Balaban J connectivity index is 2.47. The van der Waals surface area contributed by atoms with Gasteiger partial charge in [0.1, 0.15) is 18.1 Å². The van der Waals surface area contributed by atoms with Crippen molar-refractivity contribution in [1.82, 2.24) is 19.7 Å². The van der Waals surface area contributed by atoms with Crippen molar-refractivity contribution in [1.29, 1.82) is 5.26 Å². The normalized spacial score (nSPS) is 9.71. The Hall–Kier alpha value is -1.49. The van der Waals surface area contributed by atoms with Crippen molar-refractivity contribution in [2.45, 2.75) is 0 Å². The first-order valence-electron chi connectivity index (χ1n) is 3.72. The van der Waals surface area contributed by atoms with Crippen LogP contribution in [0.5, 0.6) is 0 Å². The molecule has 0 bridgehead atoms. The van der Waals surface area contributed by atoms with Gasteiger partial charge in [-0.05, 0) is 22.6 Å². The summed E-state index contributed by atoms with van der Waals surface area (Å²) in [5, 5.41) is 12.7. The summed E-state index contributed by atoms with van der Waals surface area (Å²) < 4.78 is 2.62. The average Bonchev–Trinajstić information content (AvgIpc) is 2.65.